The van der Waals surface area contributed by atoms with Gasteiger partial charge >= 0.3 is 0 Å². The average molecular weight is 330 g/mol. The number of aromatic nitrogens is 1. The molecular formula is C13H16ClN3OS2. The number of halogens is 1. The first-order chi connectivity index (χ1) is 9.56. The molecule has 0 saturated carbocycles. The minimum Gasteiger partial charge on any atom is -0.358 e. The summed E-state index contributed by atoms with van der Waals surface area (Å²) in [6, 6.07) is 3.37. The van der Waals surface area contributed by atoms with Crippen LogP contribution >= 0.6 is 35.6 Å². The fraction of sp³-hybridized carbons (Fsp3) is 0.462. The Morgan fingerprint density at radius 2 is 2.20 bits per heavy atom. The van der Waals surface area contributed by atoms with E-state index in [1.54, 1.807) is 12.1 Å². The lowest BCUT2D eigenvalue weighted by molar-refractivity contribution is -0.115. The van der Waals surface area contributed by atoms with Crippen LogP contribution in [0.4, 0.5) is 5.82 Å². The lowest BCUT2D eigenvalue weighted by Crippen LogP contribution is -2.29. The Bertz CT molecular complexity index is 489. The van der Waals surface area contributed by atoms with Crippen molar-refractivity contribution < 1.29 is 4.79 Å². The second-order valence-electron chi connectivity index (χ2n) is 4.57. The molecule has 0 spiro atoms. The van der Waals surface area contributed by atoms with Crippen LogP contribution in [-0.2, 0) is 4.79 Å². The summed E-state index contributed by atoms with van der Waals surface area (Å²) in [5, 5.41) is 3.05. The van der Waals surface area contributed by atoms with E-state index in [-0.39, 0.29) is 11.2 Å². The Morgan fingerprint density at radius 3 is 2.80 bits per heavy atom. The zero-order chi connectivity index (χ0) is 14.5. The van der Waals surface area contributed by atoms with Gasteiger partial charge in [0.05, 0.1) is 10.3 Å². The lowest BCUT2D eigenvalue weighted by Gasteiger charge is -2.20. The quantitative estimate of drug-likeness (QED) is 0.863. The van der Waals surface area contributed by atoms with E-state index in [1.807, 2.05) is 6.92 Å². The first-order valence-corrected chi connectivity index (χ1v) is 8.11. The minimum atomic E-state index is -0.249. The van der Waals surface area contributed by atoms with Gasteiger partial charge in [0.15, 0.2) is 0 Å². The number of thiocarbonyl (C=S) groups is 1. The number of carbonyl (C=O) groups is 1. The minimum absolute atomic E-state index is 0.105. The van der Waals surface area contributed by atoms with E-state index < -0.39 is 0 Å². The van der Waals surface area contributed by atoms with Crippen LogP contribution in [0, 0.1) is 0 Å². The molecule has 0 aliphatic carbocycles. The summed E-state index contributed by atoms with van der Waals surface area (Å²) in [6.45, 7) is 3.84. The van der Waals surface area contributed by atoms with Crippen molar-refractivity contribution in [3.63, 3.8) is 0 Å². The van der Waals surface area contributed by atoms with Crippen molar-refractivity contribution >= 4 is 51.6 Å². The number of anilines is 1. The second-order valence-corrected chi connectivity index (χ2v) is 6.98. The molecule has 1 atom stereocenters. The molecule has 1 aromatic rings. The highest BCUT2D eigenvalue weighted by molar-refractivity contribution is 8.23. The maximum absolute atomic E-state index is 12.1. The highest BCUT2D eigenvalue weighted by Crippen LogP contribution is 2.21. The molecule has 1 aliphatic rings. The fourth-order valence-electron chi connectivity index (χ4n) is 1.86. The van der Waals surface area contributed by atoms with Crippen molar-refractivity contribution in [1.29, 1.82) is 0 Å². The molecule has 1 saturated heterocycles. The zero-order valence-electron chi connectivity index (χ0n) is 11.1. The van der Waals surface area contributed by atoms with E-state index in [9.17, 15) is 4.79 Å². The normalized spacial score (nSPS) is 16.0. The summed E-state index contributed by atoms with van der Waals surface area (Å²) in [5.41, 5.74) is 0. The number of hydrogen-bond donors (Lipinski definition) is 1. The van der Waals surface area contributed by atoms with Gasteiger partial charge in [-0.2, -0.15) is 0 Å². The van der Waals surface area contributed by atoms with Crippen molar-refractivity contribution in [2.45, 2.75) is 25.0 Å². The van der Waals surface area contributed by atoms with Gasteiger partial charge in [0.1, 0.15) is 10.1 Å². The van der Waals surface area contributed by atoms with Crippen molar-refractivity contribution in [3.8, 4) is 0 Å². The Morgan fingerprint density at radius 1 is 1.50 bits per heavy atom. The van der Waals surface area contributed by atoms with Gasteiger partial charge < -0.3 is 10.2 Å². The molecule has 1 amide bonds. The van der Waals surface area contributed by atoms with Gasteiger partial charge in [0.2, 0.25) is 5.91 Å². The summed E-state index contributed by atoms with van der Waals surface area (Å²) in [4.78, 5) is 18.3. The highest BCUT2D eigenvalue weighted by Gasteiger charge is 2.21. The molecule has 2 rings (SSSR count). The number of carbonyl (C=O) groups excluding carboxylic acids is 1. The standard InChI is InChI=1S/C13H16ClN3OS2/c1-9(20-13(19)17-6-2-3-7-17)12(18)16-11-5-4-10(14)8-15-11/h4-5,8-9H,2-3,6-7H2,1H3,(H,15,16,18)/t9-/m1/s1. The maximum Gasteiger partial charge on any atom is 0.238 e. The molecule has 108 valence electrons. The average Bonchev–Trinajstić information content (AvgIpc) is 2.95. The van der Waals surface area contributed by atoms with Gasteiger partial charge in [0.25, 0.3) is 0 Å². The van der Waals surface area contributed by atoms with Crippen molar-refractivity contribution in [3.05, 3.63) is 23.4 Å². The third-order valence-corrected chi connectivity index (χ3v) is 4.79. The summed E-state index contributed by atoms with van der Waals surface area (Å²) >= 11 is 12.5. The van der Waals surface area contributed by atoms with Gasteiger partial charge in [0, 0.05) is 19.3 Å². The number of hydrogen-bond acceptors (Lipinski definition) is 4. The molecule has 0 radical (unpaired) electrons. The third-order valence-electron chi connectivity index (χ3n) is 2.99. The molecule has 1 aliphatic heterocycles. The molecule has 0 aromatic carbocycles. The van der Waals surface area contributed by atoms with E-state index in [4.69, 9.17) is 23.8 Å². The number of nitrogens with one attached hydrogen (secondary N) is 1. The van der Waals surface area contributed by atoms with E-state index in [0.29, 0.717) is 10.8 Å². The van der Waals surface area contributed by atoms with Gasteiger partial charge in [-0.3, -0.25) is 4.79 Å². The van der Waals surface area contributed by atoms with Crippen LogP contribution in [-0.4, -0.2) is 38.5 Å². The van der Waals surface area contributed by atoms with Crippen molar-refractivity contribution in [2.24, 2.45) is 0 Å². The molecule has 2 heterocycles. The Hall–Kier alpha value is -0.850. The number of likely N-dealkylation sites (tertiary alicyclic amines) is 1. The molecule has 1 N–H and O–H groups in total. The molecule has 4 nitrogen and oxygen atoms in total. The highest BCUT2D eigenvalue weighted by atomic mass is 35.5. The number of amides is 1. The Labute approximate surface area is 133 Å². The maximum atomic E-state index is 12.1. The predicted octanol–water partition coefficient (Wildman–Crippen LogP) is 3.18. The monoisotopic (exact) mass is 329 g/mol. The fourth-order valence-corrected chi connectivity index (χ4v) is 3.38. The molecular weight excluding hydrogens is 314 g/mol. The van der Waals surface area contributed by atoms with E-state index >= 15 is 0 Å². The van der Waals surface area contributed by atoms with Crippen LogP contribution in [0.1, 0.15) is 19.8 Å². The number of nitrogens with zero attached hydrogens (tertiary/aromatic N) is 2. The van der Waals surface area contributed by atoms with E-state index in [1.165, 1.54) is 30.8 Å². The lowest BCUT2D eigenvalue weighted by atomic mass is 10.4. The summed E-state index contributed by atoms with van der Waals surface area (Å²) < 4.78 is 0.800. The topological polar surface area (TPSA) is 45.2 Å². The first-order valence-electron chi connectivity index (χ1n) is 6.44. The Kier molecular flexibility index (Phi) is 5.63. The summed E-state index contributed by atoms with van der Waals surface area (Å²) in [6.07, 6.45) is 3.86. The van der Waals surface area contributed by atoms with E-state index in [0.717, 1.165) is 17.4 Å². The van der Waals surface area contributed by atoms with E-state index in [2.05, 4.69) is 15.2 Å². The molecule has 1 aromatic heterocycles. The molecule has 7 heteroatoms. The first kappa shape index (κ1) is 15.5. The van der Waals surface area contributed by atoms with Crippen LogP contribution in [0.2, 0.25) is 5.02 Å². The SMILES string of the molecule is C[C@@H](SC(=S)N1CCCC1)C(=O)Nc1ccc(Cl)cn1. The molecule has 0 unspecified atom stereocenters. The summed E-state index contributed by atoms with van der Waals surface area (Å²) in [7, 11) is 0. The second kappa shape index (κ2) is 7.24. The smallest absolute Gasteiger partial charge is 0.238 e. The van der Waals surface area contributed by atoms with Crippen LogP contribution in [0.5, 0.6) is 0 Å². The number of rotatable bonds is 3. The van der Waals surface area contributed by atoms with Gasteiger partial charge in [-0.05, 0) is 31.9 Å². The molecule has 20 heavy (non-hydrogen) atoms. The molecule has 1 fully saturated rings. The number of pyridine rings is 1. The molecule has 0 bridgehead atoms. The van der Waals surface area contributed by atoms with Crippen LogP contribution in [0.3, 0.4) is 0 Å². The van der Waals surface area contributed by atoms with Crippen LogP contribution in [0.25, 0.3) is 0 Å². The number of thioether (sulfide) groups is 1. The Balaban J connectivity index is 1.85. The predicted molar refractivity (Wildman–Crippen MR) is 88.3 cm³/mol. The largest absolute Gasteiger partial charge is 0.358 e. The zero-order valence-corrected chi connectivity index (χ0v) is 13.5. The van der Waals surface area contributed by atoms with Crippen LogP contribution < -0.4 is 5.32 Å². The van der Waals surface area contributed by atoms with Gasteiger partial charge in [-0.25, -0.2) is 4.98 Å². The van der Waals surface area contributed by atoms with Crippen molar-refractivity contribution in [2.75, 3.05) is 18.4 Å². The van der Waals surface area contributed by atoms with Gasteiger partial charge in [-0.15, -0.1) is 0 Å². The summed E-state index contributed by atoms with van der Waals surface area (Å²) in [5.74, 6) is 0.394. The third kappa shape index (κ3) is 4.33. The van der Waals surface area contributed by atoms with Crippen molar-refractivity contribution in [1.82, 2.24) is 9.88 Å². The van der Waals surface area contributed by atoms with Crippen LogP contribution in [0.15, 0.2) is 18.3 Å². The van der Waals surface area contributed by atoms with Gasteiger partial charge in [-0.1, -0.05) is 35.6 Å².